The number of anilines is 1. The number of hydrogen-bond acceptors (Lipinski definition) is 8. The van der Waals surface area contributed by atoms with E-state index in [-0.39, 0.29) is 16.8 Å². The summed E-state index contributed by atoms with van der Waals surface area (Å²) in [6.07, 6.45) is 3.33. The fraction of sp³-hybridized carbons (Fsp3) is 0.200. The summed E-state index contributed by atoms with van der Waals surface area (Å²) in [4.78, 5) is 12.7. The molecule has 7 nitrogen and oxygen atoms in total. The van der Waals surface area contributed by atoms with Gasteiger partial charge >= 0.3 is 0 Å². The zero-order valence-corrected chi connectivity index (χ0v) is 13.2. The predicted octanol–water partition coefficient (Wildman–Crippen LogP) is 2.38. The molecule has 116 valence electrons. The summed E-state index contributed by atoms with van der Waals surface area (Å²) in [6.45, 7) is 2.39. The second-order valence-electron chi connectivity index (χ2n) is 4.90. The van der Waals surface area contributed by atoms with Gasteiger partial charge in [-0.05, 0) is 13.0 Å². The van der Waals surface area contributed by atoms with Crippen LogP contribution >= 0.6 is 11.8 Å². The van der Waals surface area contributed by atoms with Gasteiger partial charge in [0.05, 0.1) is 23.4 Å². The maximum atomic E-state index is 8.95. The number of nitrogens with two attached hydrogens (primary N) is 2. The monoisotopic (exact) mass is 326 g/mol. The molecule has 8 heteroatoms. The molecule has 3 heterocycles. The number of hydrogen-bond donors (Lipinski definition) is 2. The van der Waals surface area contributed by atoms with Crippen LogP contribution in [0.3, 0.4) is 0 Å². The molecule has 3 aromatic rings. The zero-order chi connectivity index (χ0) is 16.4. The standard InChI is InChI=1S/C15H14N6OS/c1-8(23-15-20-10(5-17)2-14(18)21-15)12-3-11-9(4-16)7-22-13(11)6-19-12/h2-3,6-8H,4,16H2,1H3,(H2,18,20,21). The number of nitrogen functional groups attached to an aromatic ring is 1. The number of aromatic nitrogens is 3. The summed E-state index contributed by atoms with van der Waals surface area (Å²) in [7, 11) is 0. The Morgan fingerprint density at radius 2 is 2.22 bits per heavy atom. The Hall–Kier alpha value is -2.63. The van der Waals surface area contributed by atoms with Crippen LogP contribution in [0.2, 0.25) is 0 Å². The summed E-state index contributed by atoms with van der Waals surface area (Å²) in [6, 6.07) is 5.37. The van der Waals surface area contributed by atoms with Crippen LogP contribution in [-0.4, -0.2) is 15.0 Å². The minimum Gasteiger partial charge on any atom is -0.462 e. The average molecular weight is 326 g/mol. The maximum absolute atomic E-state index is 8.95. The fourth-order valence-corrected chi connectivity index (χ4v) is 3.03. The summed E-state index contributed by atoms with van der Waals surface area (Å²) >= 11 is 1.39. The molecule has 0 saturated heterocycles. The van der Waals surface area contributed by atoms with Crippen molar-refractivity contribution in [2.75, 3.05) is 5.73 Å². The summed E-state index contributed by atoms with van der Waals surface area (Å²) in [5.41, 5.74) is 14.1. The first kappa shape index (κ1) is 15.3. The third-order valence-corrected chi connectivity index (χ3v) is 4.31. The molecular weight excluding hydrogens is 312 g/mol. The van der Waals surface area contributed by atoms with Gasteiger partial charge < -0.3 is 15.9 Å². The Labute approximate surface area is 136 Å². The average Bonchev–Trinajstić information content (AvgIpc) is 2.96. The molecule has 4 N–H and O–H groups in total. The van der Waals surface area contributed by atoms with Crippen molar-refractivity contribution in [2.24, 2.45) is 5.73 Å². The van der Waals surface area contributed by atoms with E-state index in [1.807, 2.05) is 19.1 Å². The molecule has 1 atom stereocenters. The van der Waals surface area contributed by atoms with Gasteiger partial charge in [-0.15, -0.1) is 0 Å². The van der Waals surface area contributed by atoms with Crippen LogP contribution in [0.25, 0.3) is 11.0 Å². The molecule has 3 aromatic heterocycles. The van der Waals surface area contributed by atoms with Gasteiger partial charge in [0.2, 0.25) is 0 Å². The van der Waals surface area contributed by atoms with Gasteiger partial charge in [-0.2, -0.15) is 5.26 Å². The zero-order valence-electron chi connectivity index (χ0n) is 12.4. The molecule has 0 fully saturated rings. The van der Waals surface area contributed by atoms with Gasteiger partial charge in [0.15, 0.2) is 10.7 Å². The Morgan fingerprint density at radius 1 is 1.39 bits per heavy atom. The molecule has 1 unspecified atom stereocenters. The van der Waals surface area contributed by atoms with E-state index < -0.39 is 0 Å². The minimum absolute atomic E-state index is 0.0201. The first-order chi connectivity index (χ1) is 11.1. The number of furan rings is 1. The molecule has 0 aliphatic rings. The van der Waals surface area contributed by atoms with Crippen molar-refractivity contribution < 1.29 is 4.42 Å². The van der Waals surface area contributed by atoms with Crippen LogP contribution in [0.5, 0.6) is 0 Å². The lowest BCUT2D eigenvalue weighted by Crippen LogP contribution is -2.00. The first-order valence-electron chi connectivity index (χ1n) is 6.88. The molecule has 0 radical (unpaired) electrons. The number of pyridine rings is 1. The Balaban J connectivity index is 1.90. The van der Waals surface area contributed by atoms with Crippen molar-refractivity contribution in [3.8, 4) is 6.07 Å². The molecule has 0 amide bonds. The fourth-order valence-electron chi connectivity index (χ4n) is 2.15. The summed E-state index contributed by atoms with van der Waals surface area (Å²) in [5, 5.41) is 10.3. The minimum atomic E-state index is -0.0201. The number of fused-ring (bicyclic) bond motifs is 1. The van der Waals surface area contributed by atoms with Crippen molar-refractivity contribution in [1.29, 1.82) is 5.26 Å². The predicted molar refractivity (Wildman–Crippen MR) is 87.3 cm³/mol. The van der Waals surface area contributed by atoms with E-state index in [9.17, 15) is 0 Å². The lowest BCUT2D eigenvalue weighted by atomic mass is 10.1. The molecule has 0 bridgehead atoms. The lowest BCUT2D eigenvalue weighted by Gasteiger charge is -2.10. The van der Waals surface area contributed by atoms with Gasteiger partial charge in [0.1, 0.15) is 17.6 Å². The van der Waals surface area contributed by atoms with Crippen molar-refractivity contribution in [1.82, 2.24) is 15.0 Å². The van der Waals surface area contributed by atoms with Crippen LogP contribution in [-0.2, 0) is 6.54 Å². The Morgan fingerprint density at radius 3 is 2.96 bits per heavy atom. The van der Waals surface area contributed by atoms with Gasteiger partial charge in [-0.25, -0.2) is 9.97 Å². The smallest absolute Gasteiger partial charge is 0.191 e. The molecule has 23 heavy (non-hydrogen) atoms. The van der Waals surface area contributed by atoms with Crippen LogP contribution < -0.4 is 11.5 Å². The second-order valence-corrected chi connectivity index (χ2v) is 6.21. The Bertz CT molecular complexity index is 901. The number of nitriles is 1. The normalized spacial score (nSPS) is 12.2. The quantitative estimate of drug-likeness (QED) is 0.552. The van der Waals surface area contributed by atoms with Gasteiger partial charge in [0, 0.05) is 23.6 Å². The third-order valence-electron chi connectivity index (χ3n) is 3.32. The maximum Gasteiger partial charge on any atom is 0.191 e. The van der Waals surface area contributed by atoms with Crippen molar-refractivity contribution >= 4 is 28.5 Å². The van der Waals surface area contributed by atoms with Crippen LogP contribution in [0.4, 0.5) is 5.82 Å². The molecule has 0 aromatic carbocycles. The third kappa shape index (κ3) is 3.11. The SMILES string of the molecule is CC(Sc1nc(N)cc(C#N)n1)c1cc2c(CN)coc2cn1. The summed E-state index contributed by atoms with van der Waals surface area (Å²) in [5.74, 6) is 0.273. The molecule has 0 aliphatic carbocycles. The Kier molecular flexibility index (Phi) is 4.14. The van der Waals surface area contributed by atoms with Crippen molar-refractivity contribution in [2.45, 2.75) is 23.9 Å². The van der Waals surface area contributed by atoms with Crippen LogP contribution in [0.15, 0.2) is 34.2 Å². The number of nitrogens with zero attached hydrogens (tertiary/aromatic N) is 4. The van der Waals surface area contributed by atoms with E-state index in [1.165, 1.54) is 17.8 Å². The van der Waals surface area contributed by atoms with Crippen molar-refractivity contribution in [3.05, 3.63) is 41.5 Å². The van der Waals surface area contributed by atoms with E-state index in [0.29, 0.717) is 17.3 Å². The largest absolute Gasteiger partial charge is 0.462 e. The van der Waals surface area contributed by atoms with Gasteiger partial charge in [-0.1, -0.05) is 11.8 Å². The van der Waals surface area contributed by atoms with Crippen LogP contribution in [0.1, 0.15) is 29.1 Å². The number of thioether (sulfide) groups is 1. The second kappa shape index (κ2) is 6.24. The molecule has 0 spiro atoms. The van der Waals surface area contributed by atoms with E-state index >= 15 is 0 Å². The summed E-state index contributed by atoms with van der Waals surface area (Å²) < 4.78 is 5.41. The van der Waals surface area contributed by atoms with Crippen LogP contribution in [0, 0.1) is 11.3 Å². The highest BCUT2D eigenvalue weighted by Gasteiger charge is 2.15. The molecule has 3 rings (SSSR count). The molecular formula is C15H14N6OS. The molecule has 0 aliphatic heterocycles. The highest BCUT2D eigenvalue weighted by molar-refractivity contribution is 7.99. The highest BCUT2D eigenvalue weighted by Crippen LogP contribution is 2.34. The lowest BCUT2D eigenvalue weighted by molar-refractivity contribution is 0.609. The van der Waals surface area contributed by atoms with Gasteiger partial charge in [0.25, 0.3) is 0 Å². The van der Waals surface area contributed by atoms with Gasteiger partial charge in [-0.3, -0.25) is 4.98 Å². The van der Waals surface area contributed by atoms with Crippen molar-refractivity contribution in [3.63, 3.8) is 0 Å². The van der Waals surface area contributed by atoms with E-state index in [1.54, 1.807) is 12.5 Å². The number of rotatable bonds is 4. The van der Waals surface area contributed by atoms with E-state index in [0.717, 1.165) is 16.6 Å². The van der Waals surface area contributed by atoms with E-state index in [2.05, 4.69) is 15.0 Å². The highest BCUT2D eigenvalue weighted by atomic mass is 32.2. The molecule has 0 saturated carbocycles. The first-order valence-corrected chi connectivity index (χ1v) is 7.76. The van der Waals surface area contributed by atoms with E-state index in [4.69, 9.17) is 21.1 Å². The topological polar surface area (TPSA) is 128 Å².